The number of fused-ring (bicyclic) bond motifs is 1. The number of ether oxygens (including phenoxy) is 2. The number of carbonyl (C=O) groups is 1. The lowest BCUT2D eigenvalue weighted by atomic mass is 9.87. The fourth-order valence-corrected chi connectivity index (χ4v) is 4.99. The molecule has 0 atom stereocenters. The van der Waals surface area contributed by atoms with Crippen LogP contribution in [0.15, 0.2) is 65.1 Å². The van der Waals surface area contributed by atoms with Crippen LogP contribution in [0.4, 0.5) is 9.52 Å². The van der Waals surface area contributed by atoms with Crippen LogP contribution >= 0.6 is 27.3 Å². The molecule has 1 heterocycles. The summed E-state index contributed by atoms with van der Waals surface area (Å²) in [6.45, 7) is 6.55. The van der Waals surface area contributed by atoms with E-state index in [1.807, 2.05) is 6.07 Å². The minimum absolute atomic E-state index is 0.0397. The van der Waals surface area contributed by atoms with Crippen LogP contribution in [-0.4, -0.2) is 18.0 Å². The Balaban J connectivity index is 1.45. The van der Waals surface area contributed by atoms with Gasteiger partial charge in [-0.05, 0) is 68.9 Å². The first-order valence-electron chi connectivity index (χ1n) is 11.3. The zero-order chi connectivity index (χ0) is 25.9. The molecule has 0 spiro atoms. The van der Waals surface area contributed by atoms with Gasteiger partial charge < -0.3 is 9.47 Å². The van der Waals surface area contributed by atoms with Gasteiger partial charge in [0.15, 0.2) is 16.6 Å². The zero-order valence-electron chi connectivity index (χ0n) is 20.4. The van der Waals surface area contributed by atoms with Crippen LogP contribution in [0.3, 0.4) is 0 Å². The van der Waals surface area contributed by atoms with Crippen molar-refractivity contribution in [2.45, 2.75) is 32.8 Å². The Morgan fingerprint density at radius 3 is 2.67 bits per heavy atom. The van der Waals surface area contributed by atoms with Gasteiger partial charge >= 0.3 is 0 Å². The van der Waals surface area contributed by atoms with Crippen LogP contribution in [0.1, 0.15) is 37.5 Å². The molecule has 186 valence electrons. The van der Waals surface area contributed by atoms with Crippen LogP contribution in [0.25, 0.3) is 16.3 Å². The Kier molecular flexibility index (Phi) is 7.76. The monoisotopic (exact) mass is 568 g/mol. The van der Waals surface area contributed by atoms with Gasteiger partial charge in [0.25, 0.3) is 0 Å². The van der Waals surface area contributed by atoms with E-state index in [9.17, 15) is 9.18 Å². The van der Waals surface area contributed by atoms with Gasteiger partial charge in [-0.3, -0.25) is 10.1 Å². The Hall–Kier alpha value is -3.23. The standard InChI is InChI=1S/C28H26BrFN2O3S/c1-28(2,3)19-10-11-22-24(15-19)36-27(31-22)32-25(33)12-9-17-13-20(29)26(23(14-17)34-4)35-16-18-7-5-6-8-21(18)30/h5-15H,16H2,1-4H3,(H,31,32,33)/b12-9+. The summed E-state index contributed by atoms with van der Waals surface area (Å²) in [7, 11) is 1.52. The minimum atomic E-state index is -0.332. The van der Waals surface area contributed by atoms with E-state index in [1.54, 1.807) is 36.4 Å². The van der Waals surface area contributed by atoms with Gasteiger partial charge in [0.1, 0.15) is 12.4 Å². The van der Waals surface area contributed by atoms with Gasteiger partial charge in [0.05, 0.1) is 21.8 Å². The van der Waals surface area contributed by atoms with E-state index in [4.69, 9.17) is 9.47 Å². The number of rotatable bonds is 7. The molecule has 1 amide bonds. The van der Waals surface area contributed by atoms with Crippen molar-refractivity contribution in [3.05, 3.63) is 87.7 Å². The Morgan fingerprint density at radius 1 is 1.17 bits per heavy atom. The number of nitrogens with one attached hydrogen (secondary N) is 1. The summed E-state index contributed by atoms with van der Waals surface area (Å²) in [5, 5.41) is 3.38. The quantitative estimate of drug-likeness (QED) is 0.232. The van der Waals surface area contributed by atoms with E-state index in [0.29, 0.717) is 26.7 Å². The number of benzene rings is 3. The largest absolute Gasteiger partial charge is 0.493 e. The van der Waals surface area contributed by atoms with Crippen molar-refractivity contribution < 1.29 is 18.7 Å². The van der Waals surface area contributed by atoms with E-state index in [2.05, 4.69) is 59.1 Å². The molecule has 0 bridgehead atoms. The highest BCUT2D eigenvalue weighted by Gasteiger charge is 2.16. The predicted octanol–water partition coefficient (Wildman–Crippen LogP) is 7.73. The zero-order valence-corrected chi connectivity index (χ0v) is 22.8. The third-order valence-electron chi connectivity index (χ3n) is 5.49. The molecule has 5 nitrogen and oxygen atoms in total. The fourth-order valence-electron chi connectivity index (χ4n) is 3.51. The lowest BCUT2D eigenvalue weighted by Crippen LogP contribution is -2.10. The van der Waals surface area contributed by atoms with Gasteiger partial charge in [-0.15, -0.1) is 0 Å². The number of hydrogen-bond donors (Lipinski definition) is 1. The molecule has 0 radical (unpaired) electrons. The van der Waals surface area contributed by atoms with Crippen molar-refractivity contribution in [1.82, 2.24) is 4.98 Å². The lowest BCUT2D eigenvalue weighted by molar-refractivity contribution is -0.111. The molecule has 0 aliphatic heterocycles. The molecule has 0 saturated heterocycles. The van der Waals surface area contributed by atoms with E-state index in [1.165, 1.54) is 36.2 Å². The highest BCUT2D eigenvalue weighted by atomic mass is 79.9. The maximum Gasteiger partial charge on any atom is 0.250 e. The van der Waals surface area contributed by atoms with E-state index >= 15 is 0 Å². The number of anilines is 1. The molecule has 0 aliphatic carbocycles. The molecule has 0 saturated carbocycles. The van der Waals surface area contributed by atoms with E-state index in [0.717, 1.165) is 15.8 Å². The molecule has 4 rings (SSSR count). The second-order valence-corrected chi connectivity index (χ2v) is 11.1. The average Bonchev–Trinajstić information content (AvgIpc) is 3.23. The third kappa shape index (κ3) is 6.12. The number of hydrogen-bond acceptors (Lipinski definition) is 5. The fraction of sp³-hybridized carbons (Fsp3) is 0.214. The average molecular weight is 569 g/mol. The van der Waals surface area contributed by atoms with Crippen LogP contribution < -0.4 is 14.8 Å². The first-order chi connectivity index (χ1) is 17.1. The molecule has 4 aromatic rings. The van der Waals surface area contributed by atoms with Crippen molar-refractivity contribution in [2.24, 2.45) is 0 Å². The van der Waals surface area contributed by atoms with E-state index < -0.39 is 0 Å². The third-order valence-corrected chi connectivity index (χ3v) is 7.02. The van der Waals surface area contributed by atoms with Gasteiger partial charge in [-0.1, -0.05) is 56.4 Å². The first kappa shape index (κ1) is 25.9. The Bertz CT molecular complexity index is 1440. The smallest absolute Gasteiger partial charge is 0.250 e. The number of amides is 1. The summed E-state index contributed by atoms with van der Waals surface area (Å²) in [6.07, 6.45) is 3.11. The first-order valence-corrected chi connectivity index (χ1v) is 12.9. The summed E-state index contributed by atoms with van der Waals surface area (Å²) in [6, 6.07) is 16.2. The molecule has 3 aromatic carbocycles. The van der Waals surface area contributed by atoms with Gasteiger partial charge in [0.2, 0.25) is 5.91 Å². The molecule has 36 heavy (non-hydrogen) atoms. The second kappa shape index (κ2) is 10.8. The topological polar surface area (TPSA) is 60.5 Å². The van der Waals surface area contributed by atoms with Crippen molar-refractivity contribution in [1.29, 1.82) is 0 Å². The molecule has 8 heteroatoms. The highest BCUT2D eigenvalue weighted by Crippen LogP contribution is 2.38. The molecule has 0 unspecified atom stereocenters. The Labute approximate surface area is 222 Å². The number of aromatic nitrogens is 1. The molecular formula is C28H26BrFN2O3S. The molecular weight excluding hydrogens is 543 g/mol. The van der Waals surface area contributed by atoms with Gasteiger partial charge in [-0.2, -0.15) is 0 Å². The SMILES string of the molecule is COc1cc(/C=C/C(=O)Nc2nc3ccc(C(C)(C)C)cc3s2)cc(Br)c1OCc1ccccc1F. The van der Waals surface area contributed by atoms with Crippen LogP contribution in [-0.2, 0) is 16.8 Å². The minimum Gasteiger partial charge on any atom is -0.493 e. The number of carbonyl (C=O) groups excluding carboxylic acids is 1. The molecule has 0 fully saturated rings. The Morgan fingerprint density at radius 2 is 1.94 bits per heavy atom. The van der Waals surface area contributed by atoms with Crippen molar-refractivity contribution in [3.8, 4) is 11.5 Å². The lowest BCUT2D eigenvalue weighted by Gasteiger charge is -2.18. The predicted molar refractivity (Wildman–Crippen MR) is 147 cm³/mol. The summed E-state index contributed by atoms with van der Waals surface area (Å²) in [5.41, 5.74) is 3.28. The second-order valence-electron chi connectivity index (χ2n) is 9.19. The maximum atomic E-state index is 13.9. The van der Waals surface area contributed by atoms with Crippen molar-refractivity contribution >= 4 is 54.6 Å². The number of halogens is 2. The highest BCUT2D eigenvalue weighted by molar-refractivity contribution is 9.10. The maximum absolute atomic E-state index is 13.9. The number of thiazole rings is 1. The normalized spacial score (nSPS) is 11.7. The molecule has 0 aliphatic rings. The van der Waals surface area contributed by atoms with Crippen molar-refractivity contribution in [3.63, 3.8) is 0 Å². The summed E-state index contributed by atoms with van der Waals surface area (Å²) >= 11 is 4.93. The van der Waals surface area contributed by atoms with Crippen LogP contribution in [0, 0.1) is 5.82 Å². The van der Waals surface area contributed by atoms with Gasteiger partial charge in [-0.25, -0.2) is 9.37 Å². The van der Waals surface area contributed by atoms with Crippen LogP contribution in [0.5, 0.6) is 11.5 Å². The van der Waals surface area contributed by atoms with Gasteiger partial charge in [0, 0.05) is 11.6 Å². The summed E-state index contributed by atoms with van der Waals surface area (Å²) in [4.78, 5) is 17.1. The number of nitrogens with zero attached hydrogens (tertiary/aromatic N) is 1. The molecule has 1 N–H and O–H groups in total. The van der Waals surface area contributed by atoms with Crippen molar-refractivity contribution in [2.75, 3.05) is 12.4 Å². The summed E-state index contributed by atoms with van der Waals surface area (Å²) in [5.74, 6) is 0.286. The molecule has 1 aromatic heterocycles. The summed E-state index contributed by atoms with van der Waals surface area (Å²) < 4.78 is 26.9. The van der Waals surface area contributed by atoms with E-state index in [-0.39, 0.29) is 23.7 Å². The number of methoxy groups -OCH3 is 1. The van der Waals surface area contributed by atoms with Crippen LogP contribution in [0.2, 0.25) is 0 Å².